The van der Waals surface area contributed by atoms with E-state index < -0.39 is 0 Å². The summed E-state index contributed by atoms with van der Waals surface area (Å²) >= 11 is 16.3. The molecule has 1 unspecified atom stereocenters. The van der Waals surface area contributed by atoms with E-state index in [2.05, 4.69) is 33.3 Å². The molecule has 6 heteroatoms. The summed E-state index contributed by atoms with van der Waals surface area (Å²) in [6.07, 6.45) is 1.56. The van der Waals surface area contributed by atoms with E-state index in [9.17, 15) is 0 Å². The summed E-state index contributed by atoms with van der Waals surface area (Å²) in [5.41, 5.74) is 3.00. The van der Waals surface area contributed by atoms with Gasteiger partial charge in [0.1, 0.15) is 0 Å². The minimum Gasteiger partial charge on any atom is -0.313 e. The van der Waals surface area contributed by atoms with Crippen LogP contribution in [0.5, 0.6) is 0 Å². The van der Waals surface area contributed by atoms with E-state index in [1.54, 1.807) is 0 Å². The van der Waals surface area contributed by atoms with Crippen molar-refractivity contribution in [1.29, 1.82) is 0 Å². The van der Waals surface area contributed by atoms with Gasteiger partial charge in [0.2, 0.25) is 0 Å². The fourth-order valence-electron chi connectivity index (χ4n) is 2.38. The zero-order chi connectivity index (χ0) is 15.6. The molecule has 0 spiro atoms. The second-order valence-electron chi connectivity index (χ2n) is 4.90. The lowest BCUT2D eigenvalue weighted by Crippen LogP contribution is -2.20. The van der Waals surface area contributed by atoms with Crippen LogP contribution < -0.4 is 5.32 Å². The molecule has 0 radical (unpaired) electrons. The molecule has 0 bridgehead atoms. The molecule has 0 aliphatic carbocycles. The number of nitrogens with one attached hydrogen (secondary N) is 1. The SMILES string of the molecule is CCc1nn(C)c(CC(NC)c2cc(Br)ccc2Cl)c1Cl. The molecule has 3 nitrogen and oxygen atoms in total. The molecular weight excluding hydrogens is 373 g/mol. The number of halogens is 3. The number of likely N-dealkylation sites (N-methyl/N-ethyl adjacent to an activating group) is 1. The smallest absolute Gasteiger partial charge is 0.0850 e. The van der Waals surface area contributed by atoms with Crippen LogP contribution in [-0.4, -0.2) is 16.8 Å². The molecule has 1 aromatic carbocycles. The third-order valence-electron chi connectivity index (χ3n) is 3.58. The lowest BCUT2D eigenvalue weighted by atomic mass is 10.0. The van der Waals surface area contributed by atoms with Crippen molar-refractivity contribution in [2.75, 3.05) is 7.05 Å². The van der Waals surface area contributed by atoms with Crippen molar-refractivity contribution in [1.82, 2.24) is 15.1 Å². The summed E-state index contributed by atoms with van der Waals surface area (Å²) in [5.74, 6) is 0. The zero-order valence-electron chi connectivity index (χ0n) is 12.3. The quantitative estimate of drug-likeness (QED) is 0.811. The number of nitrogens with zero attached hydrogens (tertiary/aromatic N) is 2. The van der Waals surface area contributed by atoms with Crippen LogP contribution in [0.3, 0.4) is 0 Å². The molecule has 1 atom stereocenters. The van der Waals surface area contributed by atoms with Crippen LogP contribution in [-0.2, 0) is 19.9 Å². The van der Waals surface area contributed by atoms with Crippen molar-refractivity contribution < 1.29 is 0 Å². The van der Waals surface area contributed by atoms with Crippen LogP contribution in [0.2, 0.25) is 10.0 Å². The fraction of sp³-hybridized carbons (Fsp3) is 0.400. The van der Waals surface area contributed by atoms with Gasteiger partial charge in [-0.25, -0.2) is 0 Å². The standard InChI is InChI=1S/C15H18BrCl2N3/c1-4-12-15(18)14(21(3)20-12)8-13(19-2)10-7-9(16)5-6-11(10)17/h5-7,13,19H,4,8H2,1-3H3. The largest absolute Gasteiger partial charge is 0.313 e. The van der Waals surface area contributed by atoms with Gasteiger partial charge in [0.15, 0.2) is 0 Å². The molecule has 1 aromatic heterocycles. The summed E-state index contributed by atoms with van der Waals surface area (Å²) in [4.78, 5) is 0. The average molecular weight is 391 g/mol. The first-order valence-electron chi connectivity index (χ1n) is 6.80. The number of hydrogen-bond acceptors (Lipinski definition) is 2. The second kappa shape index (κ2) is 7.14. The molecule has 0 saturated heterocycles. The lowest BCUT2D eigenvalue weighted by Gasteiger charge is -2.19. The van der Waals surface area contributed by atoms with E-state index in [0.29, 0.717) is 0 Å². The number of rotatable bonds is 5. The maximum absolute atomic E-state index is 6.44. The third-order valence-corrected chi connectivity index (χ3v) is 4.86. The molecule has 21 heavy (non-hydrogen) atoms. The van der Waals surface area contributed by atoms with Gasteiger partial charge in [0.05, 0.1) is 16.4 Å². The van der Waals surface area contributed by atoms with Gasteiger partial charge in [-0.3, -0.25) is 4.68 Å². The summed E-state index contributed by atoms with van der Waals surface area (Å²) in [7, 11) is 3.85. The summed E-state index contributed by atoms with van der Waals surface area (Å²) in [6.45, 7) is 2.05. The normalized spacial score (nSPS) is 12.7. The molecule has 2 aromatic rings. The van der Waals surface area contributed by atoms with Gasteiger partial charge in [-0.1, -0.05) is 46.1 Å². The van der Waals surface area contributed by atoms with Crippen molar-refractivity contribution in [3.05, 3.63) is 49.7 Å². The van der Waals surface area contributed by atoms with Crippen molar-refractivity contribution >= 4 is 39.1 Å². The minimum absolute atomic E-state index is 0.0765. The molecular formula is C15H18BrCl2N3. The highest BCUT2D eigenvalue weighted by Gasteiger charge is 2.20. The Morgan fingerprint density at radius 3 is 2.67 bits per heavy atom. The number of benzene rings is 1. The van der Waals surface area contributed by atoms with Crippen molar-refractivity contribution in [2.24, 2.45) is 7.05 Å². The molecule has 114 valence electrons. The Labute approximate surface area is 143 Å². The lowest BCUT2D eigenvalue weighted by molar-refractivity contribution is 0.561. The number of aromatic nitrogens is 2. The Morgan fingerprint density at radius 2 is 2.10 bits per heavy atom. The second-order valence-corrected chi connectivity index (χ2v) is 6.60. The first-order valence-corrected chi connectivity index (χ1v) is 8.35. The average Bonchev–Trinajstić information content (AvgIpc) is 2.74. The van der Waals surface area contributed by atoms with E-state index >= 15 is 0 Å². The maximum atomic E-state index is 6.44. The van der Waals surface area contributed by atoms with E-state index in [0.717, 1.165) is 44.3 Å². The van der Waals surface area contributed by atoms with Gasteiger partial charge in [0, 0.05) is 29.0 Å². The first-order chi connectivity index (χ1) is 9.97. The fourth-order valence-corrected chi connectivity index (χ4v) is 3.38. The molecule has 1 N–H and O–H groups in total. The molecule has 1 heterocycles. The molecule has 0 amide bonds. The summed E-state index contributed by atoms with van der Waals surface area (Å²) in [6, 6.07) is 5.94. The summed E-state index contributed by atoms with van der Waals surface area (Å²) in [5, 5.41) is 9.27. The van der Waals surface area contributed by atoms with Crippen LogP contribution in [0.25, 0.3) is 0 Å². The number of aryl methyl sites for hydroxylation is 2. The third kappa shape index (κ3) is 3.62. The van der Waals surface area contributed by atoms with E-state index in [1.165, 1.54) is 0 Å². The Morgan fingerprint density at radius 1 is 1.38 bits per heavy atom. The molecule has 0 aliphatic rings. The van der Waals surface area contributed by atoms with Crippen molar-refractivity contribution in [2.45, 2.75) is 25.8 Å². The van der Waals surface area contributed by atoms with E-state index in [1.807, 2.05) is 37.0 Å². The predicted molar refractivity (Wildman–Crippen MR) is 92.3 cm³/mol. The highest BCUT2D eigenvalue weighted by atomic mass is 79.9. The van der Waals surface area contributed by atoms with Gasteiger partial charge in [-0.05, 0) is 37.2 Å². The van der Waals surface area contributed by atoms with Gasteiger partial charge >= 0.3 is 0 Å². The van der Waals surface area contributed by atoms with Crippen LogP contribution in [0.4, 0.5) is 0 Å². The Bertz CT molecular complexity index is 640. The minimum atomic E-state index is 0.0765. The van der Waals surface area contributed by atoms with Crippen LogP contribution in [0.15, 0.2) is 22.7 Å². The first kappa shape index (κ1) is 16.8. The highest BCUT2D eigenvalue weighted by molar-refractivity contribution is 9.10. The molecule has 0 fully saturated rings. The monoisotopic (exact) mass is 389 g/mol. The zero-order valence-corrected chi connectivity index (χ0v) is 15.3. The van der Waals surface area contributed by atoms with E-state index in [-0.39, 0.29) is 6.04 Å². The van der Waals surface area contributed by atoms with Crippen molar-refractivity contribution in [3.8, 4) is 0 Å². The molecule has 0 aliphatic heterocycles. The Kier molecular flexibility index (Phi) is 5.72. The van der Waals surface area contributed by atoms with Gasteiger partial charge in [0.25, 0.3) is 0 Å². The topological polar surface area (TPSA) is 29.9 Å². The Balaban J connectivity index is 2.36. The van der Waals surface area contributed by atoms with E-state index in [4.69, 9.17) is 23.2 Å². The summed E-state index contributed by atoms with van der Waals surface area (Å²) < 4.78 is 2.87. The maximum Gasteiger partial charge on any atom is 0.0850 e. The highest BCUT2D eigenvalue weighted by Crippen LogP contribution is 2.31. The van der Waals surface area contributed by atoms with Crippen LogP contribution in [0.1, 0.15) is 29.9 Å². The predicted octanol–water partition coefficient (Wildman–Crippen LogP) is 4.56. The van der Waals surface area contributed by atoms with Crippen LogP contribution >= 0.6 is 39.1 Å². The molecule has 0 saturated carbocycles. The van der Waals surface area contributed by atoms with Gasteiger partial charge in [-0.2, -0.15) is 5.10 Å². The van der Waals surface area contributed by atoms with Crippen LogP contribution in [0, 0.1) is 0 Å². The molecule has 2 rings (SSSR count). The van der Waals surface area contributed by atoms with Gasteiger partial charge < -0.3 is 5.32 Å². The van der Waals surface area contributed by atoms with Gasteiger partial charge in [-0.15, -0.1) is 0 Å². The van der Waals surface area contributed by atoms with Crippen molar-refractivity contribution in [3.63, 3.8) is 0 Å². The Hall–Kier alpha value is -0.550. The number of hydrogen-bond donors (Lipinski definition) is 1.